The van der Waals surface area contributed by atoms with Gasteiger partial charge in [0.15, 0.2) is 0 Å². The third-order valence-electron chi connectivity index (χ3n) is 13.2. The summed E-state index contributed by atoms with van der Waals surface area (Å²) in [5.74, 6) is -0.289. The van der Waals surface area contributed by atoms with Crippen molar-refractivity contribution in [2.45, 2.75) is 180 Å². The van der Waals surface area contributed by atoms with Crippen molar-refractivity contribution in [1.29, 1.82) is 0 Å². The van der Waals surface area contributed by atoms with Gasteiger partial charge < -0.3 is 38.9 Å². The summed E-state index contributed by atoms with van der Waals surface area (Å²) in [6, 6.07) is 1.27. The molecule has 0 aliphatic carbocycles. The molecular weight excluding hydrogens is 1110 g/mol. The third kappa shape index (κ3) is 18.9. The molecule has 82 heavy (non-hydrogen) atoms. The van der Waals surface area contributed by atoms with Gasteiger partial charge in [0.05, 0.1) is 41.4 Å². The molecule has 2 saturated heterocycles. The van der Waals surface area contributed by atoms with Gasteiger partial charge in [0.2, 0.25) is 11.9 Å². The number of aliphatic hydroxyl groups is 1. The van der Waals surface area contributed by atoms with Crippen LogP contribution in [0.1, 0.15) is 138 Å². The minimum absolute atomic E-state index is 0.0358. The molecule has 0 saturated carbocycles. The summed E-state index contributed by atoms with van der Waals surface area (Å²) < 4.78 is 178. The van der Waals surface area contributed by atoms with E-state index in [4.69, 9.17) is 14.6 Å². The second-order valence-corrected chi connectivity index (χ2v) is 21.9. The van der Waals surface area contributed by atoms with Crippen LogP contribution in [0.25, 0.3) is 0 Å². The van der Waals surface area contributed by atoms with Crippen LogP contribution in [0.4, 0.5) is 74.2 Å². The number of nitrogens with zero attached hydrogens (tertiary/aromatic N) is 8. The zero-order chi connectivity index (χ0) is 61.3. The van der Waals surface area contributed by atoms with Crippen molar-refractivity contribution in [2.24, 2.45) is 0 Å². The maximum Gasteiger partial charge on any atom is 0.416 e. The predicted molar refractivity (Wildman–Crippen MR) is 276 cm³/mol. The lowest BCUT2D eigenvalue weighted by molar-refractivity contribution is -0.144. The van der Waals surface area contributed by atoms with Gasteiger partial charge in [0.1, 0.15) is 11.2 Å². The Morgan fingerprint density at radius 2 is 0.878 bits per heavy atom. The summed E-state index contributed by atoms with van der Waals surface area (Å²) in [6.45, 7) is 13.5. The summed E-state index contributed by atoms with van der Waals surface area (Å²) >= 11 is 0. The number of hydrogen-bond donors (Lipinski definition) is 1. The van der Waals surface area contributed by atoms with Gasteiger partial charge in [-0.25, -0.2) is 29.5 Å². The van der Waals surface area contributed by atoms with Crippen molar-refractivity contribution >= 4 is 30.1 Å². The first kappa shape index (κ1) is 66.1. The molecule has 4 atom stereocenters. The summed E-state index contributed by atoms with van der Waals surface area (Å²) in [7, 11) is 1.25. The lowest BCUT2D eigenvalue weighted by atomic mass is 10.0. The molecule has 2 aromatic carbocycles. The number of halogens is 12. The van der Waals surface area contributed by atoms with Crippen molar-refractivity contribution in [1.82, 2.24) is 29.7 Å². The van der Waals surface area contributed by atoms with Crippen LogP contribution >= 0.6 is 0 Å². The van der Waals surface area contributed by atoms with E-state index in [1.807, 2.05) is 13.8 Å². The van der Waals surface area contributed by atoms with E-state index in [9.17, 15) is 67.1 Å². The largest absolute Gasteiger partial charge is 0.469 e. The van der Waals surface area contributed by atoms with E-state index >= 15 is 0 Å². The van der Waals surface area contributed by atoms with E-state index in [0.29, 0.717) is 73.9 Å². The number of ether oxygens (including phenoxy) is 3. The van der Waals surface area contributed by atoms with Crippen LogP contribution in [-0.2, 0) is 69.6 Å². The fourth-order valence-electron chi connectivity index (χ4n) is 9.32. The molecule has 0 bridgehead atoms. The SMILES string of the molecule is CC[C@@H]1CC(N(Cc2cc(C(F)(F)F)cc(C(F)(F)F)c2)c2ncc(CCC(=O)OC)cn2)CN1C(=O)OC(C)(C)C.CC[C@@H]1CC(N(Cc2cc(C(F)(F)F)cc(C(F)(F)F)c2)c2ncc(CCCO)cn2)CN1C(=O)OC(C)(C)C. The number of likely N-dealkylation sites (tertiary alicyclic amines) is 2. The van der Waals surface area contributed by atoms with E-state index in [0.717, 1.165) is 0 Å². The molecule has 6 rings (SSSR count). The van der Waals surface area contributed by atoms with Gasteiger partial charge in [0.25, 0.3) is 0 Å². The van der Waals surface area contributed by atoms with Gasteiger partial charge in [-0.15, -0.1) is 0 Å². The Morgan fingerprint density at radius 3 is 1.16 bits per heavy atom. The van der Waals surface area contributed by atoms with Crippen LogP contribution in [0.3, 0.4) is 0 Å². The average Bonchev–Trinajstić information content (AvgIpc) is 4.16. The number of methoxy groups -OCH3 is 1. The number of hydrogen-bond acceptors (Lipinski definition) is 13. The topological polar surface area (TPSA) is 164 Å². The Balaban J connectivity index is 0.000000301. The minimum Gasteiger partial charge on any atom is -0.469 e. The number of rotatable bonds is 16. The lowest BCUT2D eigenvalue weighted by Crippen LogP contribution is -2.42. The Kier molecular flexibility index (Phi) is 21.5. The quantitative estimate of drug-likeness (QED) is 0.0641. The Labute approximate surface area is 467 Å². The average molecular weight is 1180 g/mol. The van der Waals surface area contributed by atoms with E-state index in [2.05, 4.69) is 24.7 Å². The van der Waals surface area contributed by atoms with Gasteiger partial charge in [-0.1, -0.05) is 13.8 Å². The number of benzene rings is 2. The van der Waals surface area contributed by atoms with Crippen LogP contribution in [0.5, 0.6) is 0 Å². The highest BCUT2D eigenvalue weighted by atomic mass is 19.4. The van der Waals surface area contributed by atoms with E-state index in [1.165, 1.54) is 46.6 Å². The number of alkyl halides is 12. The normalized spacial score (nSPS) is 18.0. The van der Waals surface area contributed by atoms with E-state index in [1.54, 1.807) is 46.4 Å². The highest BCUT2D eigenvalue weighted by Gasteiger charge is 2.44. The van der Waals surface area contributed by atoms with Crippen molar-refractivity contribution in [3.63, 3.8) is 0 Å². The number of aliphatic hydroxyl groups excluding tert-OH is 1. The molecule has 2 unspecified atom stereocenters. The molecule has 2 aromatic heterocycles. The van der Waals surface area contributed by atoms with Gasteiger partial charge in [-0.3, -0.25) is 4.79 Å². The molecule has 2 fully saturated rings. The number of carbonyl (C=O) groups is 3. The molecular formula is C55H68F12N8O7. The summed E-state index contributed by atoms with van der Waals surface area (Å²) in [4.78, 5) is 60.8. The fraction of sp³-hybridized carbons (Fsp3) is 0.582. The van der Waals surface area contributed by atoms with E-state index in [-0.39, 0.29) is 86.3 Å². The highest BCUT2D eigenvalue weighted by molar-refractivity contribution is 5.70. The first-order valence-corrected chi connectivity index (χ1v) is 26.3. The van der Waals surface area contributed by atoms with Crippen molar-refractivity contribution in [3.8, 4) is 0 Å². The number of anilines is 2. The molecule has 2 aliphatic rings. The number of esters is 1. The molecule has 2 amide bonds. The predicted octanol–water partition coefficient (Wildman–Crippen LogP) is 12.6. The van der Waals surface area contributed by atoms with Crippen molar-refractivity contribution in [2.75, 3.05) is 36.6 Å². The van der Waals surface area contributed by atoms with Gasteiger partial charge in [0, 0.05) is 76.1 Å². The molecule has 4 aromatic rings. The standard InChI is InChI=1S/C28H34F6N4O4.C27H34F6N4O3/c1-6-21-12-22(16-38(21)25(40)42-26(2,3)4)37(24-35-13-17(14-36-24)7-8-23(39)41-5)15-18-9-19(27(29,30)31)11-20(10-18)28(32,33)34;1-5-21-12-22(16-37(21)24(39)40-25(2,3)4)36(23-34-13-17(14-35-23)7-6-8-38)15-18-9-19(26(28,29)30)11-20(10-18)27(31,32)33/h9-11,13-14,21-22H,6-8,12,15-16H2,1-5H3;9-11,13-14,21-22,38H,5-8,12,15-16H2,1-4H3/t2*21-,22?/m11/s1. The van der Waals surface area contributed by atoms with Gasteiger partial charge in [-0.05, 0) is 145 Å². The zero-order valence-corrected chi connectivity index (χ0v) is 46.8. The third-order valence-corrected chi connectivity index (χ3v) is 13.2. The first-order chi connectivity index (χ1) is 37.9. The molecule has 0 radical (unpaired) electrons. The molecule has 0 spiro atoms. The Morgan fingerprint density at radius 1 is 0.549 bits per heavy atom. The van der Waals surface area contributed by atoms with E-state index < -0.39 is 94.9 Å². The minimum atomic E-state index is -5.01. The van der Waals surface area contributed by atoms with Crippen LogP contribution in [0, 0.1) is 0 Å². The molecule has 454 valence electrons. The first-order valence-electron chi connectivity index (χ1n) is 26.3. The fourth-order valence-corrected chi connectivity index (χ4v) is 9.32. The number of amides is 2. The van der Waals surface area contributed by atoms with Crippen LogP contribution in [-0.4, -0.2) is 115 Å². The zero-order valence-electron chi connectivity index (χ0n) is 46.8. The number of aryl methyl sites for hydroxylation is 2. The lowest BCUT2D eigenvalue weighted by Gasteiger charge is -2.30. The van der Waals surface area contributed by atoms with Gasteiger partial charge >= 0.3 is 42.9 Å². The van der Waals surface area contributed by atoms with Crippen LogP contribution in [0.2, 0.25) is 0 Å². The highest BCUT2D eigenvalue weighted by Crippen LogP contribution is 2.40. The monoisotopic (exact) mass is 1180 g/mol. The Hall–Kier alpha value is -6.67. The summed E-state index contributed by atoms with van der Waals surface area (Å²) in [6.07, 6.45) is -12.1. The van der Waals surface area contributed by atoms with Crippen LogP contribution in [0.15, 0.2) is 61.2 Å². The van der Waals surface area contributed by atoms with Crippen molar-refractivity contribution < 1.29 is 86.4 Å². The summed E-state index contributed by atoms with van der Waals surface area (Å²) in [5, 5.41) is 9.07. The molecule has 2 aliphatic heterocycles. The molecule has 4 heterocycles. The molecule has 15 nitrogen and oxygen atoms in total. The van der Waals surface area contributed by atoms with Crippen LogP contribution < -0.4 is 9.80 Å². The maximum atomic E-state index is 13.6. The van der Waals surface area contributed by atoms with Gasteiger partial charge in [-0.2, -0.15) is 52.7 Å². The Bertz CT molecular complexity index is 2700. The number of aromatic nitrogens is 4. The second kappa shape index (κ2) is 26.7. The van der Waals surface area contributed by atoms with Crippen molar-refractivity contribution in [3.05, 3.63) is 106 Å². The summed E-state index contributed by atoms with van der Waals surface area (Å²) in [5.41, 5.74) is -6.40. The molecule has 27 heteroatoms. The second-order valence-electron chi connectivity index (χ2n) is 21.9. The number of carbonyl (C=O) groups excluding carboxylic acids is 3. The molecule has 1 N–H and O–H groups in total. The maximum absolute atomic E-state index is 13.6. The smallest absolute Gasteiger partial charge is 0.416 e.